The summed E-state index contributed by atoms with van der Waals surface area (Å²) < 4.78 is 6.06. The van der Waals surface area contributed by atoms with Gasteiger partial charge in [0.2, 0.25) is 5.91 Å². The van der Waals surface area contributed by atoms with Crippen molar-refractivity contribution in [2.24, 2.45) is 0 Å². The molecule has 4 nitrogen and oxygen atoms in total. The van der Waals surface area contributed by atoms with Crippen molar-refractivity contribution < 1.29 is 9.53 Å². The van der Waals surface area contributed by atoms with Crippen molar-refractivity contribution in [2.75, 3.05) is 23.9 Å². The number of thioether (sulfide) groups is 1. The molecule has 0 aromatic heterocycles. The van der Waals surface area contributed by atoms with Crippen LogP contribution in [-0.2, 0) is 17.8 Å². The van der Waals surface area contributed by atoms with Crippen LogP contribution in [0.3, 0.4) is 0 Å². The number of nitrogens with zero attached hydrogens (tertiary/aromatic N) is 2. The number of unbranched alkanes of at least 4 members (excludes halogenated alkanes) is 11. The van der Waals surface area contributed by atoms with E-state index in [9.17, 15) is 4.79 Å². The Morgan fingerprint density at radius 2 is 1.51 bits per heavy atom. The first-order valence-electron chi connectivity index (χ1n) is 15.7. The number of anilines is 1. The third-order valence-electron chi connectivity index (χ3n) is 7.63. The van der Waals surface area contributed by atoms with Gasteiger partial charge in [0.15, 0.2) is 0 Å². The predicted octanol–water partition coefficient (Wildman–Crippen LogP) is 10.3. The molecule has 0 unspecified atom stereocenters. The zero-order valence-corrected chi connectivity index (χ0v) is 28.3. The number of halogens is 1. The molecule has 0 saturated carbocycles. The van der Waals surface area contributed by atoms with Crippen molar-refractivity contribution in [3.63, 3.8) is 0 Å². The first-order valence-corrected chi connectivity index (χ1v) is 16.7. The van der Waals surface area contributed by atoms with Gasteiger partial charge in [-0.3, -0.25) is 4.79 Å². The van der Waals surface area contributed by atoms with Crippen LogP contribution >= 0.6 is 28.7 Å². The highest BCUT2D eigenvalue weighted by Gasteiger charge is 2.13. The molecule has 0 bridgehead atoms. The fraction of sp³-hybridized carbons (Fsp3) is 0.571. The molecule has 6 heteroatoms. The minimum absolute atomic E-state index is 0. The van der Waals surface area contributed by atoms with Gasteiger partial charge in [-0.2, -0.15) is 0 Å². The second kappa shape index (κ2) is 20.9. The summed E-state index contributed by atoms with van der Waals surface area (Å²) in [4.78, 5) is 18.0. The molecule has 0 spiro atoms. The average molecular weight is 646 g/mol. The number of rotatable bonds is 20. The summed E-state index contributed by atoms with van der Waals surface area (Å²) in [6, 6.07) is 16.8. The zero-order valence-electron chi connectivity index (χ0n) is 25.7. The number of ether oxygens (including phenoxy) is 1. The molecule has 0 atom stereocenters. The Bertz CT molecular complexity index is 1030. The lowest BCUT2D eigenvalue weighted by Gasteiger charge is -2.22. The van der Waals surface area contributed by atoms with E-state index in [4.69, 9.17) is 4.74 Å². The van der Waals surface area contributed by atoms with Crippen molar-refractivity contribution in [3.05, 3.63) is 70.8 Å². The summed E-state index contributed by atoms with van der Waals surface area (Å²) in [5.41, 5.74) is 3.42. The number of carbonyl (C=O) groups excluding carboxylic acids is 1. The van der Waals surface area contributed by atoms with Gasteiger partial charge in [-0.1, -0.05) is 102 Å². The maximum atomic E-state index is 12.5. The molecule has 41 heavy (non-hydrogen) atoms. The summed E-state index contributed by atoms with van der Waals surface area (Å²) in [6.45, 7) is 8.41. The van der Waals surface area contributed by atoms with Crippen LogP contribution in [0.15, 0.2) is 59.6 Å². The summed E-state index contributed by atoms with van der Waals surface area (Å²) in [6.07, 6.45) is 19.2. The standard InChI is InChI=1S/C35H52N2O2S.BrH/c1-4-5-6-7-8-9-10-11-12-13-14-15-25-39-35-18-16-17-32(26-35)23-24-37(31(3)38)34-21-19-33(20-22-34)28-36-27-30(2)40-29-36;/h16-22,26-27H,4-15,23-25,28-29H2,1-3H3;1H. The Hall–Kier alpha value is -1.92. The van der Waals surface area contributed by atoms with Crippen LogP contribution in [0.5, 0.6) is 5.75 Å². The highest BCUT2D eigenvalue weighted by Crippen LogP contribution is 2.26. The van der Waals surface area contributed by atoms with Gasteiger partial charge in [0, 0.05) is 31.9 Å². The smallest absolute Gasteiger partial charge is 0.223 e. The van der Waals surface area contributed by atoms with Crippen molar-refractivity contribution in [1.82, 2.24) is 4.90 Å². The van der Waals surface area contributed by atoms with Crippen molar-refractivity contribution in [3.8, 4) is 5.75 Å². The minimum Gasteiger partial charge on any atom is -0.494 e. The lowest BCUT2D eigenvalue weighted by molar-refractivity contribution is -0.116. The van der Waals surface area contributed by atoms with Gasteiger partial charge in [0.05, 0.1) is 12.5 Å². The number of amides is 1. The lowest BCUT2D eigenvalue weighted by Crippen LogP contribution is -2.30. The van der Waals surface area contributed by atoms with E-state index in [1.807, 2.05) is 22.7 Å². The third-order valence-corrected chi connectivity index (χ3v) is 8.65. The average Bonchev–Trinajstić information content (AvgIpc) is 3.36. The number of hydrogen-bond acceptors (Lipinski definition) is 4. The molecule has 2 aromatic carbocycles. The molecular formula is C35H53BrN2O2S. The first kappa shape index (κ1) is 35.3. The molecule has 1 aliphatic heterocycles. The van der Waals surface area contributed by atoms with Crippen molar-refractivity contribution >= 4 is 40.3 Å². The van der Waals surface area contributed by atoms with E-state index in [1.54, 1.807) is 6.92 Å². The topological polar surface area (TPSA) is 32.8 Å². The van der Waals surface area contributed by atoms with E-state index in [2.05, 4.69) is 67.4 Å². The minimum atomic E-state index is 0. The molecule has 1 amide bonds. The van der Waals surface area contributed by atoms with E-state index >= 15 is 0 Å². The Balaban J connectivity index is 0.00000588. The van der Waals surface area contributed by atoms with E-state index < -0.39 is 0 Å². The van der Waals surface area contributed by atoms with Crippen molar-refractivity contribution in [2.45, 2.75) is 111 Å². The molecule has 228 valence electrons. The van der Waals surface area contributed by atoms with Gasteiger partial charge in [-0.15, -0.1) is 28.7 Å². The third kappa shape index (κ3) is 14.2. The normalized spacial score (nSPS) is 12.7. The second-order valence-corrected chi connectivity index (χ2v) is 12.4. The molecule has 0 aliphatic carbocycles. The zero-order chi connectivity index (χ0) is 28.4. The summed E-state index contributed by atoms with van der Waals surface area (Å²) >= 11 is 1.88. The lowest BCUT2D eigenvalue weighted by atomic mass is 10.1. The summed E-state index contributed by atoms with van der Waals surface area (Å²) in [7, 11) is 0. The van der Waals surface area contributed by atoms with Crippen LogP contribution in [-0.4, -0.2) is 29.8 Å². The Kier molecular flexibility index (Phi) is 18.0. The van der Waals surface area contributed by atoms with Gasteiger partial charge < -0.3 is 14.5 Å². The summed E-state index contributed by atoms with van der Waals surface area (Å²) in [5.74, 6) is 2.01. The number of hydrogen-bond donors (Lipinski definition) is 0. The highest BCUT2D eigenvalue weighted by atomic mass is 79.9. The van der Waals surface area contributed by atoms with E-state index in [0.29, 0.717) is 6.54 Å². The number of allylic oxidation sites excluding steroid dienone is 1. The molecule has 1 heterocycles. The SMILES string of the molecule is Br.CCCCCCCCCCCCCCOc1cccc(CCN(C(C)=O)c2ccc(CN3C=C(C)SC3)cc2)c1. The van der Waals surface area contributed by atoms with Gasteiger partial charge in [0.1, 0.15) is 5.75 Å². The van der Waals surface area contributed by atoms with E-state index in [0.717, 1.165) is 43.3 Å². The van der Waals surface area contributed by atoms with Gasteiger partial charge in [-0.05, 0) is 60.1 Å². The highest BCUT2D eigenvalue weighted by molar-refractivity contribution is 8.93. The van der Waals surface area contributed by atoms with Crippen LogP contribution < -0.4 is 9.64 Å². The molecule has 0 fully saturated rings. The van der Waals surface area contributed by atoms with Gasteiger partial charge in [-0.25, -0.2) is 0 Å². The van der Waals surface area contributed by atoms with Crippen LogP contribution in [0.4, 0.5) is 5.69 Å². The monoisotopic (exact) mass is 644 g/mol. The molecule has 0 radical (unpaired) electrons. The molecule has 0 N–H and O–H groups in total. The second-order valence-electron chi connectivity index (χ2n) is 11.2. The van der Waals surface area contributed by atoms with Crippen LogP contribution in [0.2, 0.25) is 0 Å². The number of benzene rings is 2. The van der Waals surface area contributed by atoms with E-state index in [-0.39, 0.29) is 22.9 Å². The Morgan fingerprint density at radius 1 is 0.878 bits per heavy atom. The molecule has 3 rings (SSSR count). The predicted molar refractivity (Wildman–Crippen MR) is 183 cm³/mol. The molecule has 1 aliphatic rings. The van der Waals surface area contributed by atoms with Gasteiger partial charge in [0.25, 0.3) is 0 Å². The maximum Gasteiger partial charge on any atom is 0.223 e. The van der Waals surface area contributed by atoms with Crippen molar-refractivity contribution in [1.29, 1.82) is 0 Å². The largest absolute Gasteiger partial charge is 0.494 e. The van der Waals surface area contributed by atoms with Gasteiger partial charge >= 0.3 is 0 Å². The Morgan fingerprint density at radius 3 is 2.10 bits per heavy atom. The van der Waals surface area contributed by atoms with Crippen LogP contribution in [0.25, 0.3) is 0 Å². The quantitative estimate of drug-likeness (QED) is 0.134. The molecule has 2 aromatic rings. The summed E-state index contributed by atoms with van der Waals surface area (Å²) in [5, 5.41) is 0. The Labute approximate surface area is 265 Å². The molecular weight excluding hydrogens is 592 g/mol. The maximum absolute atomic E-state index is 12.5. The number of carbonyl (C=O) groups is 1. The van der Waals surface area contributed by atoms with Crippen LogP contribution in [0.1, 0.15) is 109 Å². The fourth-order valence-corrected chi connectivity index (χ4v) is 6.02. The van der Waals surface area contributed by atoms with E-state index in [1.165, 1.54) is 86.7 Å². The molecule has 0 saturated heterocycles. The fourth-order valence-electron chi connectivity index (χ4n) is 5.26. The first-order chi connectivity index (χ1) is 19.5. The van der Waals surface area contributed by atoms with Crippen LogP contribution in [0, 0.1) is 0 Å².